The second kappa shape index (κ2) is 6.92. The van der Waals surface area contributed by atoms with Crippen LogP contribution in [0.15, 0.2) is 66.9 Å². The van der Waals surface area contributed by atoms with E-state index in [0.29, 0.717) is 12.1 Å². The van der Waals surface area contributed by atoms with Gasteiger partial charge in [-0.3, -0.25) is 14.8 Å². The number of carbonyl (C=O) groups is 1. The first-order valence-corrected chi connectivity index (χ1v) is 8.69. The number of fused-ring (bicyclic) bond motifs is 2. The van der Waals surface area contributed by atoms with Gasteiger partial charge in [0.2, 0.25) is 0 Å². The van der Waals surface area contributed by atoms with Crippen molar-refractivity contribution in [3.63, 3.8) is 0 Å². The predicted molar refractivity (Wildman–Crippen MR) is 104 cm³/mol. The van der Waals surface area contributed by atoms with Crippen LogP contribution < -0.4 is 5.32 Å². The summed E-state index contributed by atoms with van der Waals surface area (Å²) in [4.78, 5) is 21.6. The van der Waals surface area contributed by atoms with Gasteiger partial charge in [0.05, 0.1) is 22.3 Å². The molecule has 1 N–H and O–H groups in total. The average Bonchev–Trinajstić information content (AvgIpc) is 2.67. The first-order chi connectivity index (χ1) is 12.7. The van der Waals surface area contributed by atoms with E-state index in [0.717, 1.165) is 39.5 Å². The Hall–Kier alpha value is -3.27. The third-order valence-corrected chi connectivity index (χ3v) is 4.56. The molecule has 2 aromatic carbocycles. The summed E-state index contributed by atoms with van der Waals surface area (Å²) in [6.07, 6.45) is 2.54. The molecular formula is C22H19N3O. The van der Waals surface area contributed by atoms with Crippen LogP contribution in [-0.2, 0) is 6.42 Å². The lowest BCUT2D eigenvalue weighted by molar-refractivity contribution is 0.0953. The van der Waals surface area contributed by atoms with Crippen molar-refractivity contribution in [2.24, 2.45) is 0 Å². The Bertz CT molecular complexity index is 1100. The molecule has 4 rings (SSSR count). The van der Waals surface area contributed by atoms with Crippen molar-refractivity contribution in [1.82, 2.24) is 15.3 Å². The van der Waals surface area contributed by atoms with Crippen LogP contribution in [0.25, 0.3) is 21.8 Å². The maximum absolute atomic E-state index is 12.6. The molecular weight excluding hydrogens is 322 g/mol. The summed E-state index contributed by atoms with van der Waals surface area (Å²) >= 11 is 0. The highest BCUT2D eigenvalue weighted by atomic mass is 16.1. The Labute approximate surface area is 151 Å². The third-order valence-electron chi connectivity index (χ3n) is 4.56. The average molecular weight is 341 g/mol. The highest BCUT2D eigenvalue weighted by Crippen LogP contribution is 2.17. The molecule has 26 heavy (non-hydrogen) atoms. The number of aryl methyl sites for hydroxylation is 1. The molecule has 2 aromatic heterocycles. The summed E-state index contributed by atoms with van der Waals surface area (Å²) in [6, 6.07) is 19.9. The van der Waals surface area contributed by atoms with E-state index in [4.69, 9.17) is 0 Å². The monoisotopic (exact) mass is 341 g/mol. The molecule has 0 aliphatic carbocycles. The van der Waals surface area contributed by atoms with Crippen LogP contribution in [0.4, 0.5) is 0 Å². The molecule has 1 amide bonds. The SMILES string of the molecule is Cc1nc2ccccc2cc1C(=O)NCCc1cccc2cccnc12. The second-order valence-corrected chi connectivity index (χ2v) is 6.31. The van der Waals surface area contributed by atoms with E-state index in [2.05, 4.69) is 33.5 Å². The van der Waals surface area contributed by atoms with Crippen LogP contribution in [0.2, 0.25) is 0 Å². The van der Waals surface area contributed by atoms with E-state index in [9.17, 15) is 4.79 Å². The number of benzene rings is 2. The summed E-state index contributed by atoms with van der Waals surface area (Å²) in [6.45, 7) is 2.43. The van der Waals surface area contributed by atoms with Crippen LogP contribution in [-0.4, -0.2) is 22.4 Å². The highest BCUT2D eigenvalue weighted by molar-refractivity contribution is 5.98. The zero-order valence-electron chi connectivity index (χ0n) is 14.6. The molecule has 0 saturated carbocycles. The normalized spacial score (nSPS) is 11.0. The van der Waals surface area contributed by atoms with E-state index in [1.165, 1.54) is 0 Å². The van der Waals surface area contributed by atoms with Crippen molar-refractivity contribution < 1.29 is 4.79 Å². The van der Waals surface area contributed by atoms with E-state index in [1.54, 1.807) is 6.20 Å². The standard InChI is InChI=1S/C22H19N3O/c1-15-19(14-18-6-2-3-10-20(18)25-15)22(26)24-13-11-17-8-4-7-16-9-5-12-23-21(16)17/h2-10,12,14H,11,13H2,1H3,(H,24,26). The largest absolute Gasteiger partial charge is 0.352 e. The van der Waals surface area contributed by atoms with Gasteiger partial charge in [0.1, 0.15) is 0 Å². The zero-order valence-corrected chi connectivity index (χ0v) is 14.6. The molecule has 0 fully saturated rings. The smallest absolute Gasteiger partial charge is 0.253 e. The van der Waals surface area contributed by atoms with Gasteiger partial charge in [0.15, 0.2) is 0 Å². The molecule has 0 aliphatic rings. The molecule has 2 heterocycles. The Morgan fingerprint density at radius 1 is 1.00 bits per heavy atom. The van der Waals surface area contributed by atoms with E-state index in [-0.39, 0.29) is 5.91 Å². The second-order valence-electron chi connectivity index (χ2n) is 6.31. The number of pyridine rings is 2. The predicted octanol–water partition coefficient (Wildman–Crippen LogP) is 4.06. The zero-order chi connectivity index (χ0) is 17.9. The van der Waals surface area contributed by atoms with Crippen molar-refractivity contribution in [2.45, 2.75) is 13.3 Å². The van der Waals surface area contributed by atoms with Crippen molar-refractivity contribution in [3.05, 3.63) is 83.7 Å². The van der Waals surface area contributed by atoms with Gasteiger partial charge in [-0.15, -0.1) is 0 Å². The maximum Gasteiger partial charge on any atom is 0.253 e. The Morgan fingerprint density at radius 2 is 1.81 bits per heavy atom. The molecule has 0 radical (unpaired) electrons. The fraction of sp³-hybridized carbons (Fsp3) is 0.136. The molecule has 0 saturated heterocycles. The summed E-state index contributed by atoms with van der Waals surface area (Å²) in [5, 5.41) is 5.10. The molecule has 0 atom stereocenters. The number of rotatable bonds is 4. The molecule has 0 spiro atoms. The first-order valence-electron chi connectivity index (χ1n) is 8.69. The number of nitrogens with one attached hydrogen (secondary N) is 1. The molecule has 0 bridgehead atoms. The lowest BCUT2D eigenvalue weighted by Crippen LogP contribution is -2.26. The van der Waals surface area contributed by atoms with Crippen LogP contribution in [0.3, 0.4) is 0 Å². The summed E-state index contributed by atoms with van der Waals surface area (Å²) < 4.78 is 0. The van der Waals surface area contributed by atoms with Gasteiger partial charge in [0.25, 0.3) is 5.91 Å². The minimum atomic E-state index is -0.0889. The molecule has 0 aliphatic heterocycles. The van der Waals surface area contributed by atoms with Crippen LogP contribution >= 0.6 is 0 Å². The van der Waals surface area contributed by atoms with Crippen LogP contribution in [0.1, 0.15) is 21.6 Å². The van der Waals surface area contributed by atoms with E-state index < -0.39 is 0 Å². The third kappa shape index (κ3) is 3.14. The van der Waals surface area contributed by atoms with Gasteiger partial charge in [-0.2, -0.15) is 0 Å². The number of hydrogen-bond acceptors (Lipinski definition) is 3. The minimum absolute atomic E-state index is 0.0889. The maximum atomic E-state index is 12.6. The summed E-state index contributed by atoms with van der Waals surface area (Å²) in [5.41, 5.74) is 4.40. The minimum Gasteiger partial charge on any atom is -0.352 e. The number of carbonyl (C=O) groups excluding carboxylic acids is 1. The van der Waals surface area contributed by atoms with Gasteiger partial charge in [-0.25, -0.2) is 0 Å². The van der Waals surface area contributed by atoms with E-state index >= 15 is 0 Å². The molecule has 4 nitrogen and oxygen atoms in total. The van der Waals surface area contributed by atoms with E-state index in [1.807, 2.05) is 49.4 Å². The summed E-state index contributed by atoms with van der Waals surface area (Å²) in [5.74, 6) is -0.0889. The van der Waals surface area contributed by atoms with Crippen LogP contribution in [0, 0.1) is 6.92 Å². The van der Waals surface area contributed by atoms with Gasteiger partial charge < -0.3 is 5.32 Å². The fourth-order valence-corrected chi connectivity index (χ4v) is 3.22. The Balaban J connectivity index is 1.50. The molecule has 4 aromatic rings. The van der Waals surface area contributed by atoms with Crippen molar-refractivity contribution in [2.75, 3.05) is 6.54 Å². The number of para-hydroxylation sites is 2. The van der Waals surface area contributed by atoms with Crippen molar-refractivity contribution in [1.29, 1.82) is 0 Å². The number of aromatic nitrogens is 2. The quantitative estimate of drug-likeness (QED) is 0.609. The topological polar surface area (TPSA) is 54.9 Å². The number of nitrogens with zero attached hydrogens (tertiary/aromatic N) is 2. The Morgan fingerprint density at radius 3 is 2.73 bits per heavy atom. The lowest BCUT2D eigenvalue weighted by Gasteiger charge is -2.10. The molecule has 0 unspecified atom stereocenters. The van der Waals surface area contributed by atoms with Gasteiger partial charge in [-0.1, -0.05) is 42.5 Å². The highest BCUT2D eigenvalue weighted by Gasteiger charge is 2.11. The van der Waals surface area contributed by atoms with Crippen LogP contribution in [0.5, 0.6) is 0 Å². The van der Waals surface area contributed by atoms with Crippen molar-refractivity contribution in [3.8, 4) is 0 Å². The first kappa shape index (κ1) is 16.2. The van der Waals surface area contributed by atoms with Gasteiger partial charge >= 0.3 is 0 Å². The van der Waals surface area contributed by atoms with Crippen molar-refractivity contribution >= 4 is 27.7 Å². The number of hydrogen-bond donors (Lipinski definition) is 1. The Kier molecular flexibility index (Phi) is 4.32. The van der Waals surface area contributed by atoms with Gasteiger partial charge in [-0.05, 0) is 37.1 Å². The van der Waals surface area contributed by atoms with Gasteiger partial charge in [0, 0.05) is 23.5 Å². The lowest BCUT2D eigenvalue weighted by atomic mass is 10.1. The number of amides is 1. The fourth-order valence-electron chi connectivity index (χ4n) is 3.22. The molecule has 4 heteroatoms. The summed E-state index contributed by atoms with van der Waals surface area (Å²) in [7, 11) is 0. The molecule has 128 valence electrons.